The van der Waals surface area contributed by atoms with Crippen molar-refractivity contribution in [3.05, 3.63) is 58.8 Å². The number of aromatic nitrogens is 4. The van der Waals surface area contributed by atoms with E-state index in [9.17, 15) is 4.79 Å². The number of halogens is 2. The minimum atomic E-state index is -0.0645. The molecule has 0 aliphatic carbocycles. The van der Waals surface area contributed by atoms with E-state index in [0.717, 1.165) is 31.7 Å². The lowest BCUT2D eigenvalue weighted by Crippen LogP contribution is -2.38. The standard InChI is InChI=1S/C19H18Cl2N6O/c20-14-10-15(21)12-16(11-14)23-19(28)13-4-8-26(9-5-13)17-2-3-18(25-24-17)27-7-1-6-22-27/h1-3,6-7,10-13H,4-5,8-9H2,(H,23,28). The summed E-state index contributed by atoms with van der Waals surface area (Å²) >= 11 is 12.0. The van der Waals surface area contributed by atoms with Crippen LogP contribution in [-0.4, -0.2) is 39.0 Å². The van der Waals surface area contributed by atoms with Crippen LogP contribution in [0.1, 0.15) is 12.8 Å². The summed E-state index contributed by atoms with van der Waals surface area (Å²) in [6.45, 7) is 1.48. The van der Waals surface area contributed by atoms with Gasteiger partial charge >= 0.3 is 0 Å². The lowest BCUT2D eigenvalue weighted by molar-refractivity contribution is -0.120. The zero-order valence-corrected chi connectivity index (χ0v) is 16.4. The largest absolute Gasteiger partial charge is 0.355 e. The highest BCUT2D eigenvalue weighted by Crippen LogP contribution is 2.26. The molecule has 1 aliphatic rings. The maximum atomic E-state index is 12.6. The summed E-state index contributed by atoms with van der Waals surface area (Å²) in [5.74, 6) is 1.39. The molecule has 1 fully saturated rings. The van der Waals surface area contributed by atoms with Crippen molar-refractivity contribution < 1.29 is 4.79 Å². The molecular weight excluding hydrogens is 399 g/mol. The van der Waals surface area contributed by atoms with Crippen LogP contribution in [-0.2, 0) is 4.79 Å². The predicted molar refractivity (Wildman–Crippen MR) is 109 cm³/mol. The van der Waals surface area contributed by atoms with Crippen molar-refractivity contribution in [2.45, 2.75) is 12.8 Å². The Morgan fingerprint density at radius 3 is 2.32 bits per heavy atom. The van der Waals surface area contributed by atoms with Crippen LogP contribution in [0, 0.1) is 5.92 Å². The van der Waals surface area contributed by atoms with Gasteiger partial charge in [0.2, 0.25) is 5.91 Å². The normalized spacial score (nSPS) is 14.9. The van der Waals surface area contributed by atoms with Crippen molar-refractivity contribution in [1.82, 2.24) is 20.0 Å². The monoisotopic (exact) mass is 416 g/mol. The number of carbonyl (C=O) groups is 1. The number of piperidine rings is 1. The Balaban J connectivity index is 1.34. The van der Waals surface area contributed by atoms with Gasteiger partial charge in [0, 0.05) is 47.1 Å². The second-order valence-electron chi connectivity index (χ2n) is 6.61. The van der Waals surface area contributed by atoms with Crippen molar-refractivity contribution >= 4 is 40.6 Å². The van der Waals surface area contributed by atoms with Crippen molar-refractivity contribution in [2.24, 2.45) is 5.92 Å². The topological polar surface area (TPSA) is 75.9 Å². The van der Waals surface area contributed by atoms with Crippen LogP contribution in [0.15, 0.2) is 48.8 Å². The van der Waals surface area contributed by atoms with E-state index < -0.39 is 0 Å². The van der Waals surface area contributed by atoms with Gasteiger partial charge in [-0.25, -0.2) is 4.68 Å². The molecule has 2 aromatic heterocycles. The van der Waals surface area contributed by atoms with E-state index in [4.69, 9.17) is 23.2 Å². The number of rotatable bonds is 4. The molecule has 144 valence electrons. The summed E-state index contributed by atoms with van der Waals surface area (Å²) in [6, 6.07) is 10.7. The molecular formula is C19H18Cl2N6O. The highest BCUT2D eigenvalue weighted by molar-refractivity contribution is 6.35. The molecule has 4 rings (SSSR count). The van der Waals surface area contributed by atoms with Crippen molar-refractivity contribution in [1.29, 1.82) is 0 Å². The fourth-order valence-corrected chi connectivity index (χ4v) is 3.78. The zero-order valence-electron chi connectivity index (χ0n) is 14.9. The number of amides is 1. The van der Waals surface area contributed by atoms with E-state index in [2.05, 4.69) is 25.5 Å². The van der Waals surface area contributed by atoms with Crippen LogP contribution < -0.4 is 10.2 Å². The average molecular weight is 417 g/mol. The first-order valence-corrected chi connectivity index (χ1v) is 9.70. The van der Waals surface area contributed by atoms with E-state index >= 15 is 0 Å². The molecule has 1 N–H and O–H groups in total. The lowest BCUT2D eigenvalue weighted by atomic mass is 9.96. The number of nitrogens with one attached hydrogen (secondary N) is 1. The van der Waals surface area contributed by atoms with Gasteiger partial charge in [-0.3, -0.25) is 4.79 Å². The fraction of sp³-hybridized carbons (Fsp3) is 0.263. The molecule has 7 nitrogen and oxygen atoms in total. The number of anilines is 2. The third kappa shape index (κ3) is 4.26. The van der Waals surface area contributed by atoms with Crippen LogP contribution in [0.25, 0.3) is 5.82 Å². The van der Waals surface area contributed by atoms with Crippen LogP contribution in [0.3, 0.4) is 0 Å². The van der Waals surface area contributed by atoms with Crippen LogP contribution in [0.5, 0.6) is 0 Å². The first-order chi connectivity index (χ1) is 13.6. The Hall–Kier alpha value is -2.64. The average Bonchev–Trinajstić information content (AvgIpc) is 3.22. The number of carbonyl (C=O) groups excluding carboxylic acids is 1. The molecule has 0 radical (unpaired) electrons. The highest BCUT2D eigenvalue weighted by Gasteiger charge is 2.26. The van der Waals surface area contributed by atoms with Gasteiger partial charge in [-0.15, -0.1) is 10.2 Å². The maximum absolute atomic E-state index is 12.6. The third-order valence-electron chi connectivity index (χ3n) is 4.70. The molecule has 0 spiro atoms. The smallest absolute Gasteiger partial charge is 0.227 e. The zero-order chi connectivity index (χ0) is 19.5. The van der Waals surface area contributed by atoms with Crippen LogP contribution >= 0.6 is 23.2 Å². The quantitative estimate of drug-likeness (QED) is 0.699. The van der Waals surface area contributed by atoms with Gasteiger partial charge in [-0.2, -0.15) is 5.10 Å². The maximum Gasteiger partial charge on any atom is 0.227 e. The van der Waals surface area contributed by atoms with Gasteiger partial charge in [0.05, 0.1) is 0 Å². The first-order valence-electron chi connectivity index (χ1n) is 8.94. The first kappa shape index (κ1) is 18.7. The fourth-order valence-electron chi connectivity index (χ4n) is 3.25. The molecule has 1 aliphatic heterocycles. The summed E-state index contributed by atoms with van der Waals surface area (Å²) in [7, 11) is 0. The van der Waals surface area contributed by atoms with E-state index in [1.54, 1.807) is 29.1 Å². The Labute approximate surface area is 172 Å². The predicted octanol–water partition coefficient (Wildman–Crippen LogP) is 3.82. The van der Waals surface area contributed by atoms with E-state index in [0.29, 0.717) is 21.6 Å². The second-order valence-corrected chi connectivity index (χ2v) is 7.48. The number of hydrogen-bond acceptors (Lipinski definition) is 5. The number of nitrogens with zero attached hydrogens (tertiary/aromatic N) is 5. The van der Waals surface area contributed by atoms with Crippen LogP contribution in [0.2, 0.25) is 10.0 Å². The third-order valence-corrected chi connectivity index (χ3v) is 5.13. The summed E-state index contributed by atoms with van der Waals surface area (Å²) in [6.07, 6.45) is 5.00. The molecule has 0 unspecified atom stereocenters. The van der Waals surface area contributed by atoms with Gasteiger partial charge in [0.1, 0.15) is 0 Å². The van der Waals surface area contributed by atoms with E-state index in [1.807, 2.05) is 24.4 Å². The SMILES string of the molecule is O=C(Nc1cc(Cl)cc(Cl)c1)C1CCN(c2ccc(-n3cccn3)nn2)CC1. The molecule has 3 heterocycles. The summed E-state index contributed by atoms with van der Waals surface area (Å²) < 4.78 is 1.66. The van der Waals surface area contributed by atoms with E-state index in [-0.39, 0.29) is 11.8 Å². The lowest BCUT2D eigenvalue weighted by Gasteiger charge is -2.31. The molecule has 0 atom stereocenters. The molecule has 0 bridgehead atoms. The van der Waals surface area contributed by atoms with E-state index in [1.165, 1.54) is 0 Å². The molecule has 3 aromatic rings. The number of benzene rings is 1. The Bertz CT molecular complexity index is 933. The molecule has 28 heavy (non-hydrogen) atoms. The molecule has 9 heteroatoms. The van der Waals surface area contributed by atoms with Crippen LogP contribution in [0.4, 0.5) is 11.5 Å². The van der Waals surface area contributed by atoms with Gasteiger partial charge < -0.3 is 10.2 Å². The summed E-state index contributed by atoms with van der Waals surface area (Å²) in [4.78, 5) is 14.7. The Morgan fingerprint density at radius 2 is 1.71 bits per heavy atom. The van der Waals surface area contributed by atoms with Crippen molar-refractivity contribution in [3.8, 4) is 5.82 Å². The van der Waals surface area contributed by atoms with Gasteiger partial charge in [0.15, 0.2) is 11.6 Å². The second kappa shape index (κ2) is 8.16. The molecule has 1 saturated heterocycles. The molecule has 0 saturated carbocycles. The Morgan fingerprint density at radius 1 is 1.04 bits per heavy atom. The summed E-state index contributed by atoms with van der Waals surface area (Å²) in [5, 5.41) is 16.6. The Kier molecular flexibility index (Phi) is 5.45. The molecule has 1 aromatic carbocycles. The van der Waals surface area contributed by atoms with Gasteiger partial charge in [-0.05, 0) is 49.2 Å². The minimum absolute atomic E-state index is 0.0157. The van der Waals surface area contributed by atoms with Crippen molar-refractivity contribution in [3.63, 3.8) is 0 Å². The van der Waals surface area contributed by atoms with Crippen molar-refractivity contribution in [2.75, 3.05) is 23.3 Å². The molecule has 1 amide bonds. The summed E-state index contributed by atoms with van der Waals surface area (Å²) in [5.41, 5.74) is 0.616. The highest BCUT2D eigenvalue weighted by atomic mass is 35.5. The number of hydrogen-bond donors (Lipinski definition) is 1. The van der Waals surface area contributed by atoms with Gasteiger partial charge in [-0.1, -0.05) is 23.2 Å². The minimum Gasteiger partial charge on any atom is -0.355 e. The van der Waals surface area contributed by atoms with Gasteiger partial charge in [0.25, 0.3) is 0 Å².